The molecule has 2 atom stereocenters. The van der Waals surface area contributed by atoms with Gasteiger partial charge in [-0.2, -0.15) is 0 Å². The zero-order chi connectivity index (χ0) is 13.3. The first kappa shape index (κ1) is 12.9. The molecule has 0 bridgehead atoms. The first-order valence-corrected chi connectivity index (χ1v) is 5.78. The Hall–Kier alpha value is -1.53. The Morgan fingerprint density at radius 2 is 2.17 bits per heavy atom. The van der Waals surface area contributed by atoms with Crippen molar-refractivity contribution in [3.8, 4) is 0 Å². The summed E-state index contributed by atoms with van der Waals surface area (Å²) in [4.78, 5) is 24.3. The Labute approximate surface area is 108 Å². The van der Waals surface area contributed by atoms with Crippen molar-refractivity contribution in [1.82, 2.24) is 4.90 Å². The number of carbonyl (C=O) groups excluding carboxylic acids is 1. The van der Waals surface area contributed by atoms with Crippen molar-refractivity contribution in [2.24, 2.45) is 0 Å². The molecule has 1 unspecified atom stereocenters. The van der Waals surface area contributed by atoms with Gasteiger partial charge in [-0.1, -0.05) is 0 Å². The molecule has 0 saturated carbocycles. The number of aliphatic carboxylic acids is 1. The number of morpholine rings is 1. The molecule has 98 valence electrons. The number of hydrogen-bond donors (Lipinski definition) is 1. The van der Waals surface area contributed by atoms with E-state index in [1.54, 1.807) is 6.92 Å². The highest BCUT2D eigenvalue weighted by Gasteiger charge is 2.33. The molecule has 1 saturated heterocycles. The fourth-order valence-electron chi connectivity index (χ4n) is 1.84. The van der Waals surface area contributed by atoms with Crippen LogP contribution in [-0.4, -0.2) is 47.2 Å². The number of halogens is 1. The lowest BCUT2D eigenvalue weighted by Gasteiger charge is -2.34. The molecule has 0 spiro atoms. The summed E-state index contributed by atoms with van der Waals surface area (Å²) in [6.45, 7) is 2.03. The number of carboxylic acid groups (broad SMARTS) is 1. The summed E-state index contributed by atoms with van der Waals surface area (Å²) in [7, 11) is 0. The molecule has 1 aliphatic rings. The summed E-state index contributed by atoms with van der Waals surface area (Å²) in [5, 5.41) is 9.04. The lowest BCUT2D eigenvalue weighted by atomic mass is 10.2. The molecule has 2 rings (SSSR count). The highest BCUT2D eigenvalue weighted by Crippen LogP contribution is 2.18. The van der Waals surface area contributed by atoms with Gasteiger partial charge in [-0.25, -0.2) is 4.79 Å². The molecular formula is C11H12ClNO5. The van der Waals surface area contributed by atoms with E-state index in [-0.39, 0.29) is 29.5 Å². The molecule has 1 fully saturated rings. The predicted molar refractivity (Wildman–Crippen MR) is 61.6 cm³/mol. The van der Waals surface area contributed by atoms with Crippen LogP contribution in [0.25, 0.3) is 0 Å². The van der Waals surface area contributed by atoms with Crippen LogP contribution in [-0.2, 0) is 9.53 Å². The van der Waals surface area contributed by atoms with Gasteiger partial charge in [0.1, 0.15) is 0 Å². The zero-order valence-electron chi connectivity index (χ0n) is 9.63. The van der Waals surface area contributed by atoms with Crippen LogP contribution in [0, 0.1) is 0 Å². The van der Waals surface area contributed by atoms with Gasteiger partial charge in [-0.15, -0.1) is 0 Å². The van der Waals surface area contributed by atoms with Crippen LogP contribution in [0.4, 0.5) is 0 Å². The third-order valence-electron chi connectivity index (χ3n) is 2.61. The van der Waals surface area contributed by atoms with Gasteiger partial charge in [0.25, 0.3) is 5.91 Å². The monoisotopic (exact) mass is 273 g/mol. The van der Waals surface area contributed by atoms with Gasteiger partial charge in [0.2, 0.25) is 0 Å². The average Bonchev–Trinajstić information content (AvgIpc) is 2.74. The second-order valence-corrected chi connectivity index (χ2v) is 4.46. The first-order valence-electron chi connectivity index (χ1n) is 5.40. The minimum atomic E-state index is -1.09. The quantitative estimate of drug-likeness (QED) is 0.877. The Morgan fingerprint density at radius 3 is 2.72 bits per heavy atom. The van der Waals surface area contributed by atoms with Gasteiger partial charge in [0.15, 0.2) is 17.1 Å². The Kier molecular flexibility index (Phi) is 3.58. The average molecular weight is 274 g/mol. The van der Waals surface area contributed by atoms with Gasteiger partial charge in [-0.05, 0) is 30.7 Å². The number of nitrogens with zero attached hydrogens (tertiary/aromatic N) is 1. The van der Waals surface area contributed by atoms with Crippen molar-refractivity contribution in [2.75, 3.05) is 13.1 Å². The fourth-order valence-corrected chi connectivity index (χ4v) is 1.98. The van der Waals surface area contributed by atoms with Gasteiger partial charge in [0.05, 0.1) is 12.6 Å². The third-order valence-corrected chi connectivity index (χ3v) is 2.81. The van der Waals surface area contributed by atoms with E-state index in [0.29, 0.717) is 6.54 Å². The normalized spacial score (nSPS) is 24.0. The van der Waals surface area contributed by atoms with Crippen LogP contribution in [0.3, 0.4) is 0 Å². The summed E-state index contributed by atoms with van der Waals surface area (Å²) in [6.07, 6.45) is -1.35. The number of carbonyl (C=O) groups is 2. The topological polar surface area (TPSA) is 80.0 Å². The predicted octanol–water partition coefficient (Wildman–Crippen LogP) is 1.25. The third kappa shape index (κ3) is 2.65. The van der Waals surface area contributed by atoms with Crippen LogP contribution in [0.5, 0.6) is 0 Å². The van der Waals surface area contributed by atoms with Crippen LogP contribution in [0.15, 0.2) is 16.5 Å². The van der Waals surface area contributed by atoms with E-state index in [1.807, 2.05) is 0 Å². The standard InChI is InChI=1S/C11H12ClNO5/c1-6-4-13(5-8(17-6)11(15)16)10(14)7-2-3-9(12)18-7/h2-3,6,8H,4-5H2,1H3,(H,15,16)/t6-,8?/m1/s1. The maximum absolute atomic E-state index is 12.1. The Bertz CT molecular complexity index is 472. The molecule has 0 aromatic carbocycles. The van der Waals surface area contributed by atoms with E-state index in [0.717, 1.165) is 0 Å². The van der Waals surface area contributed by atoms with Crippen molar-refractivity contribution in [2.45, 2.75) is 19.1 Å². The molecule has 1 aromatic heterocycles. The molecule has 1 amide bonds. The van der Waals surface area contributed by atoms with Gasteiger partial charge < -0.3 is 19.2 Å². The second kappa shape index (κ2) is 4.99. The van der Waals surface area contributed by atoms with Crippen molar-refractivity contribution in [3.63, 3.8) is 0 Å². The number of furan rings is 1. The summed E-state index contributed by atoms with van der Waals surface area (Å²) in [6, 6.07) is 2.92. The maximum atomic E-state index is 12.1. The van der Waals surface area contributed by atoms with E-state index in [2.05, 4.69) is 0 Å². The van der Waals surface area contributed by atoms with E-state index in [4.69, 9.17) is 25.9 Å². The Balaban J connectivity index is 2.12. The molecule has 7 heteroatoms. The number of hydrogen-bond acceptors (Lipinski definition) is 4. The van der Waals surface area contributed by atoms with Crippen molar-refractivity contribution in [1.29, 1.82) is 0 Å². The molecule has 1 aromatic rings. The van der Waals surface area contributed by atoms with Crippen molar-refractivity contribution in [3.05, 3.63) is 23.1 Å². The van der Waals surface area contributed by atoms with Gasteiger partial charge in [0, 0.05) is 6.54 Å². The molecular weight excluding hydrogens is 262 g/mol. The highest BCUT2D eigenvalue weighted by molar-refractivity contribution is 6.29. The zero-order valence-corrected chi connectivity index (χ0v) is 10.4. The Morgan fingerprint density at radius 1 is 1.44 bits per heavy atom. The number of amides is 1. The van der Waals surface area contributed by atoms with Gasteiger partial charge in [-0.3, -0.25) is 4.79 Å². The second-order valence-electron chi connectivity index (χ2n) is 4.09. The molecule has 1 N–H and O–H groups in total. The van der Waals surface area contributed by atoms with Crippen LogP contribution >= 0.6 is 11.6 Å². The number of ether oxygens (including phenoxy) is 1. The largest absolute Gasteiger partial charge is 0.479 e. The lowest BCUT2D eigenvalue weighted by Crippen LogP contribution is -2.51. The summed E-state index contributed by atoms with van der Waals surface area (Å²) in [5.41, 5.74) is 0. The van der Waals surface area contributed by atoms with Gasteiger partial charge >= 0.3 is 5.97 Å². The van der Waals surface area contributed by atoms with E-state index in [1.165, 1.54) is 17.0 Å². The minimum absolute atomic E-state index is 0.00315. The maximum Gasteiger partial charge on any atom is 0.334 e. The summed E-state index contributed by atoms with van der Waals surface area (Å²) >= 11 is 5.59. The first-order chi connectivity index (χ1) is 8.47. The molecule has 0 aliphatic carbocycles. The minimum Gasteiger partial charge on any atom is -0.479 e. The fraction of sp³-hybridized carbons (Fsp3) is 0.455. The molecule has 6 nitrogen and oxygen atoms in total. The molecule has 0 radical (unpaired) electrons. The van der Waals surface area contributed by atoms with Crippen LogP contribution in [0.1, 0.15) is 17.5 Å². The van der Waals surface area contributed by atoms with E-state index in [9.17, 15) is 9.59 Å². The smallest absolute Gasteiger partial charge is 0.334 e. The number of carboxylic acids is 1. The summed E-state index contributed by atoms with van der Waals surface area (Å²) < 4.78 is 10.2. The molecule has 1 aliphatic heterocycles. The summed E-state index contributed by atoms with van der Waals surface area (Å²) in [5.74, 6) is -1.38. The molecule has 2 heterocycles. The number of rotatable bonds is 2. The SMILES string of the molecule is C[C@@H]1CN(C(=O)c2ccc(Cl)o2)CC(C(=O)O)O1. The highest BCUT2D eigenvalue weighted by atomic mass is 35.5. The van der Waals surface area contributed by atoms with Crippen LogP contribution in [0.2, 0.25) is 5.22 Å². The lowest BCUT2D eigenvalue weighted by molar-refractivity contribution is -0.160. The van der Waals surface area contributed by atoms with E-state index < -0.39 is 12.1 Å². The van der Waals surface area contributed by atoms with Crippen molar-refractivity contribution >= 4 is 23.5 Å². The van der Waals surface area contributed by atoms with Crippen molar-refractivity contribution < 1.29 is 23.8 Å². The molecule has 18 heavy (non-hydrogen) atoms. The van der Waals surface area contributed by atoms with E-state index >= 15 is 0 Å². The van der Waals surface area contributed by atoms with Crippen LogP contribution < -0.4 is 0 Å².